The van der Waals surface area contributed by atoms with E-state index in [-0.39, 0.29) is 9.77 Å². The first kappa shape index (κ1) is 19.2. The molecule has 0 aliphatic carbocycles. The zero-order valence-corrected chi connectivity index (χ0v) is 17.2. The summed E-state index contributed by atoms with van der Waals surface area (Å²) in [6.07, 6.45) is 0. The fourth-order valence-electron chi connectivity index (χ4n) is 3.01. The number of hydrogen-bond donors (Lipinski definition) is 1. The van der Waals surface area contributed by atoms with E-state index in [0.717, 1.165) is 27.1 Å². The average molecular weight is 427 g/mol. The maximum Gasteiger partial charge on any atom is 0.308 e. The molecule has 0 aliphatic rings. The number of sulfonamides is 1. The van der Waals surface area contributed by atoms with Gasteiger partial charge in [0.05, 0.1) is 34.5 Å². The Morgan fingerprint density at radius 1 is 1.00 bits per heavy atom. The Morgan fingerprint density at radius 2 is 1.72 bits per heavy atom. The van der Waals surface area contributed by atoms with Crippen LogP contribution < -0.4 is 14.3 Å². The summed E-state index contributed by atoms with van der Waals surface area (Å²) in [5.74, 6) is 0.579. The van der Waals surface area contributed by atoms with Gasteiger partial charge in [-0.05, 0) is 48.0 Å². The van der Waals surface area contributed by atoms with Gasteiger partial charge in [0.1, 0.15) is 5.75 Å². The molecular formula is C21H18N2O4S2. The summed E-state index contributed by atoms with van der Waals surface area (Å²) in [6, 6.07) is 21.0. The number of anilines is 1. The third kappa shape index (κ3) is 4.03. The highest BCUT2D eigenvalue weighted by atomic mass is 32.2. The van der Waals surface area contributed by atoms with Gasteiger partial charge in [-0.3, -0.25) is 14.1 Å². The summed E-state index contributed by atoms with van der Waals surface area (Å²) in [5, 5.41) is 0. The number of rotatable bonds is 6. The lowest BCUT2D eigenvalue weighted by Crippen LogP contribution is -2.14. The largest absolute Gasteiger partial charge is 0.497 e. The lowest BCUT2D eigenvalue weighted by molar-refractivity contribution is 0.414. The van der Waals surface area contributed by atoms with E-state index in [1.807, 2.05) is 30.3 Å². The monoisotopic (exact) mass is 426 g/mol. The van der Waals surface area contributed by atoms with E-state index in [1.165, 1.54) is 19.2 Å². The Labute approximate surface area is 172 Å². The molecule has 3 aromatic carbocycles. The lowest BCUT2D eigenvalue weighted by Gasteiger charge is -2.09. The first-order chi connectivity index (χ1) is 14.0. The Bertz CT molecular complexity index is 1310. The predicted molar refractivity (Wildman–Crippen MR) is 115 cm³/mol. The number of aromatic nitrogens is 1. The fourth-order valence-corrected chi connectivity index (χ4v) is 4.99. The van der Waals surface area contributed by atoms with Crippen LogP contribution >= 0.6 is 11.3 Å². The van der Waals surface area contributed by atoms with Gasteiger partial charge in [-0.2, -0.15) is 0 Å². The highest BCUT2D eigenvalue weighted by Gasteiger charge is 2.16. The van der Waals surface area contributed by atoms with Crippen molar-refractivity contribution >= 4 is 37.3 Å². The van der Waals surface area contributed by atoms with Gasteiger partial charge in [-0.25, -0.2) is 8.42 Å². The van der Waals surface area contributed by atoms with Crippen molar-refractivity contribution < 1.29 is 13.2 Å². The Balaban J connectivity index is 1.63. The molecule has 0 fully saturated rings. The molecular weight excluding hydrogens is 408 g/mol. The summed E-state index contributed by atoms with van der Waals surface area (Å²) in [6.45, 7) is 0.469. The number of benzene rings is 3. The van der Waals surface area contributed by atoms with Crippen LogP contribution in [0.3, 0.4) is 0 Å². The van der Waals surface area contributed by atoms with Crippen LogP contribution in [0, 0.1) is 0 Å². The van der Waals surface area contributed by atoms with Crippen LogP contribution in [0.5, 0.6) is 5.75 Å². The van der Waals surface area contributed by atoms with Gasteiger partial charge >= 0.3 is 4.87 Å². The van der Waals surface area contributed by atoms with Crippen molar-refractivity contribution in [1.82, 2.24) is 4.57 Å². The SMILES string of the molecule is COc1ccc(S(=O)(=O)Nc2ccc3c(c2)sc(=O)n3Cc2ccccc2)cc1. The second-order valence-electron chi connectivity index (χ2n) is 6.40. The minimum absolute atomic E-state index is 0.0842. The highest BCUT2D eigenvalue weighted by molar-refractivity contribution is 7.92. The number of ether oxygens (including phenoxy) is 1. The van der Waals surface area contributed by atoms with Gasteiger partial charge in [-0.1, -0.05) is 41.7 Å². The molecule has 0 radical (unpaired) electrons. The smallest absolute Gasteiger partial charge is 0.308 e. The molecule has 0 saturated carbocycles. The van der Waals surface area contributed by atoms with E-state index in [2.05, 4.69) is 4.72 Å². The molecule has 148 valence electrons. The third-order valence-corrected chi connectivity index (χ3v) is 6.81. The Kier molecular flexibility index (Phi) is 5.12. The molecule has 0 unspecified atom stereocenters. The summed E-state index contributed by atoms with van der Waals surface area (Å²) >= 11 is 1.09. The maximum absolute atomic E-state index is 12.6. The van der Waals surface area contributed by atoms with Crippen LogP contribution in [0.25, 0.3) is 10.2 Å². The van der Waals surface area contributed by atoms with E-state index < -0.39 is 10.0 Å². The molecule has 0 bridgehead atoms. The number of methoxy groups -OCH3 is 1. The lowest BCUT2D eigenvalue weighted by atomic mass is 10.2. The van der Waals surface area contributed by atoms with Crippen LogP contribution in [0.4, 0.5) is 5.69 Å². The second kappa shape index (κ2) is 7.73. The fraction of sp³-hybridized carbons (Fsp3) is 0.0952. The Hall–Kier alpha value is -3.10. The minimum atomic E-state index is -3.74. The molecule has 29 heavy (non-hydrogen) atoms. The van der Waals surface area contributed by atoms with Crippen molar-refractivity contribution in [2.75, 3.05) is 11.8 Å². The summed E-state index contributed by atoms with van der Waals surface area (Å²) in [5.41, 5.74) is 2.20. The summed E-state index contributed by atoms with van der Waals surface area (Å²) in [4.78, 5) is 12.5. The number of nitrogens with one attached hydrogen (secondary N) is 1. The normalized spacial score (nSPS) is 11.5. The van der Waals surface area contributed by atoms with Crippen molar-refractivity contribution in [1.29, 1.82) is 0 Å². The Morgan fingerprint density at radius 3 is 2.41 bits per heavy atom. The predicted octanol–water partition coefficient (Wildman–Crippen LogP) is 3.92. The molecule has 1 aromatic heterocycles. The standard InChI is InChI=1S/C21H18N2O4S2/c1-27-17-8-10-18(11-9-17)29(25,26)22-16-7-12-19-20(13-16)28-21(24)23(19)14-15-5-3-2-4-6-15/h2-13,22H,14H2,1H3. The quantitative estimate of drug-likeness (QED) is 0.507. The van der Waals surface area contributed by atoms with Gasteiger partial charge in [-0.15, -0.1) is 0 Å². The molecule has 0 amide bonds. The molecule has 0 atom stereocenters. The third-order valence-electron chi connectivity index (χ3n) is 4.47. The van der Waals surface area contributed by atoms with Crippen LogP contribution in [0.1, 0.15) is 5.56 Å². The topological polar surface area (TPSA) is 77.4 Å². The van der Waals surface area contributed by atoms with Gasteiger partial charge in [0.2, 0.25) is 0 Å². The maximum atomic E-state index is 12.6. The van der Waals surface area contributed by atoms with E-state index in [4.69, 9.17) is 4.74 Å². The van der Waals surface area contributed by atoms with E-state index in [0.29, 0.717) is 18.0 Å². The van der Waals surface area contributed by atoms with Crippen LogP contribution in [-0.2, 0) is 16.6 Å². The van der Waals surface area contributed by atoms with Crippen molar-refractivity contribution in [2.45, 2.75) is 11.4 Å². The second-order valence-corrected chi connectivity index (χ2v) is 9.08. The molecule has 0 saturated heterocycles. The molecule has 4 rings (SSSR count). The number of nitrogens with zero attached hydrogens (tertiary/aromatic N) is 1. The number of thiazole rings is 1. The molecule has 1 heterocycles. The molecule has 8 heteroatoms. The van der Waals surface area contributed by atoms with Crippen molar-refractivity contribution in [2.24, 2.45) is 0 Å². The number of fused-ring (bicyclic) bond motifs is 1. The molecule has 4 aromatic rings. The zero-order chi connectivity index (χ0) is 20.4. The average Bonchev–Trinajstić information content (AvgIpc) is 3.03. The van der Waals surface area contributed by atoms with Gasteiger partial charge in [0, 0.05) is 0 Å². The summed E-state index contributed by atoms with van der Waals surface area (Å²) < 4.78 is 35.3. The van der Waals surface area contributed by atoms with Gasteiger partial charge < -0.3 is 4.74 Å². The van der Waals surface area contributed by atoms with Gasteiger partial charge in [0.25, 0.3) is 10.0 Å². The van der Waals surface area contributed by atoms with Crippen LogP contribution in [0.2, 0.25) is 0 Å². The van der Waals surface area contributed by atoms with Crippen LogP contribution in [0.15, 0.2) is 82.5 Å². The molecule has 0 aliphatic heterocycles. The van der Waals surface area contributed by atoms with Crippen molar-refractivity contribution in [3.8, 4) is 5.75 Å². The highest BCUT2D eigenvalue weighted by Crippen LogP contribution is 2.25. The van der Waals surface area contributed by atoms with E-state index in [9.17, 15) is 13.2 Å². The van der Waals surface area contributed by atoms with Crippen molar-refractivity contribution in [3.05, 3.63) is 88.0 Å². The molecule has 6 nitrogen and oxygen atoms in total. The van der Waals surface area contributed by atoms with Gasteiger partial charge in [0.15, 0.2) is 0 Å². The van der Waals surface area contributed by atoms with E-state index >= 15 is 0 Å². The zero-order valence-electron chi connectivity index (χ0n) is 15.5. The van der Waals surface area contributed by atoms with Crippen molar-refractivity contribution in [3.63, 3.8) is 0 Å². The van der Waals surface area contributed by atoms with E-state index in [1.54, 1.807) is 34.9 Å². The first-order valence-corrected chi connectivity index (χ1v) is 11.1. The summed E-state index contributed by atoms with van der Waals surface area (Å²) in [7, 11) is -2.22. The first-order valence-electron chi connectivity index (χ1n) is 8.80. The van der Waals surface area contributed by atoms with Crippen LogP contribution in [-0.4, -0.2) is 20.1 Å². The molecule has 1 N–H and O–H groups in total. The molecule has 0 spiro atoms. The minimum Gasteiger partial charge on any atom is -0.497 e. The number of hydrogen-bond acceptors (Lipinski definition) is 5.